The number of carbonyl (C=O) groups excluding carboxylic acids is 3. The van der Waals surface area contributed by atoms with Crippen LogP contribution in [-0.2, 0) is 14.3 Å². The van der Waals surface area contributed by atoms with Gasteiger partial charge in [0.15, 0.2) is 0 Å². The molecule has 2 atom stereocenters. The van der Waals surface area contributed by atoms with Gasteiger partial charge in [0.2, 0.25) is 0 Å². The Morgan fingerprint density at radius 1 is 1.03 bits per heavy atom. The number of nitrogens with zero attached hydrogens (tertiary/aromatic N) is 1. The molecule has 3 amide bonds. The second-order valence-electron chi connectivity index (χ2n) is 9.83. The zero-order chi connectivity index (χ0) is 27.8. The van der Waals surface area contributed by atoms with Crippen LogP contribution in [0.3, 0.4) is 0 Å². The Labute approximate surface area is 224 Å². The number of hydrogen-bond donors (Lipinski definition) is 2. The molecule has 0 aliphatic carbocycles. The molecule has 2 aromatic rings. The van der Waals surface area contributed by atoms with E-state index in [4.69, 9.17) is 11.2 Å². The normalized spacial score (nSPS) is 12.6. The van der Waals surface area contributed by atoms with E-state index in [0.29, 0.717) is 23.4 Å². The van der Waals surface area contributed by atoms with Crippen LogP contribution >= 0.6 is 11.8 Å². The number of anilines is 1. The molecule has 0 saturated carbocycles. The third kappa shape index (κ3) is 8.29. The first-order valence-electron chi connectivity index (χ1n) is 12.1. The molecular formula is C29H37N3O4S. The smallest absolute Gasteiger partial charge is 0.408 e. The highest BCUT2D eigenvalue weighted by Gasteiger charge is 2.37. The van der Waals surface area contributed by atoms with E-state index in [1.807, 2.05) is 63.4 Å². The van der Waals surface area contributed by atoms with E-state index in [9.17, 15) is 14.4 Å². The van der Waals surface area contributed by atoms with Crippen LogP contribution in [0, 0.1) is 33.2 Å². The van der Waals surface area contributed by atoms with Gasteiger partial charge in [0.05, 0.1) is 0 Å². The molecule has 7 nitrogen and oxygen atoms in total. The van der Waals surface area contributed by atoms with Crippen molar-refractivity contribution >= 4 is 35.4 Å². The molecule has 2 N–H and O–H groups in total. The average Bonchev–Trinajstić information content (AvgIpc) is 2.81. The number of benzene rings is 2. The summed E-state index contributed by atoms with van der Waals surface area (Å²) in [4.78, 5) is 41.3. The molecule has 0 aliphatic heterocycles. The number of amides is 3. The van der Waals surface area contributed by atoms with Crippen LogP contribution in [0.5, 0.6) is 0 Å². The lowest BCUT2D eigenvalue weighted by molar-refractivity contribution is -0.136. The molecule has 2 unspecified atom stereocenters. The number of thioether (sulfide) groups is 1. The second-order valence-corrected chi connectivity index (χ2v) is 10.8. The zero-order valence-corrected chi connectivity index (χ0v) is 23.5. The van der Waals surface area contributed by atoms with Gasteiger partial charge in [-0.15, -0.1) is 0 Å². The highest BCUT2D eigenvalue weighted by Crippen LogP contribution is 2.30. The predicted octanol–water partition coefficient (Wildman–Crippen LogP) is 5.36. The molecule has 0 spiro atoms. The lowest BCUT2D eigenvalue weighted by Gasteiger charge is -2.32. The second kappa shape index (κ2) is 13.2. The summed E-state index contributed by atoms with van der Waals surface area (Å²) >= 11 is 1.53. The van der Waals surface area contributed by atoms with Gasteiger partial charge in [-0.25, -0.2) is 4.79 Å². The number of hydrogen-bond acceptors (Lipinski definition) is 5. The van der Waals surface area contributed by atoms with Crippen molar-refractivity contribution in [3.05, 3.63) is 64.7 Å². The third-order valence-corrected chi connectivity index (χ3v) is 6.35. The van der Waals surface area contributed by atoms with Gasteiger partial charge in [-0.2, -0.15) is 11.8 Å². The van der Waals surface area contributed by atoms with Crippen molar-refractivity contribution in [3.63, 3.8) is 0 Å². The van der Waals surface area contributed by atoms with Gasteiger partial charge in [-0.3, -0.25) is 14.5 Å². The monoisotopic (exact) mass is 523 g/mol. The first kappa shape index (κ1) is 29.8. The predicted molar refractivity (Wildman–Crippen MR) is 150 cm³/mol. The van der Waals surface area contributed by atoms with Gasteiger partial charge in [0, 0.05) is 11.7 Å². The molecule has 0 aromatic heterocycles. The fraction of sp³-hybridized carbons (Fsp3) is 0.414. The van der Waals surface area contributed by atoms with E-state index in [1.54, 1.807) is 26.8 Å². The lowest BCUT2D eigenvalue weighted by atomic mass is 9.93. The Bertz CT molecular complexity index is 1150. The summed E-state index contributed by atoms with van der Waals surface area (Å²) in [5, 5.41) is 5.61. The number of ether oxygens (including phenoxy) is 1. The minimum atomic E-state index is -1.12. The molecule has 0 fully saturated rings. The van der Waals surface area contributed by atoms with Crippen LogP contribution in [0.4, 0.5) is 10.5 Å². The molecule has 0 bridgehead atoms. The SMILES string of the molecule is C#CN(C(=O)C(CCSC)NC(=O)OC(C)(C)C)C(C(=O)Nc1ccccc1C)c1c(C)cccc1C. The first-order valence-corrected chi connectivity index (χ1v) is 13.5. The van der Waals surface area contributed by atoms with Crippen molar-refractivity contribution in [1.82, 2.24) is 10.2 Å². The number of para-hydroxylation sites is 1. The van der Waals surface area contributed by atoms with E-state index in [0.717, 1.165) is 21.6 Å². The Morgan fingerprint density at radius 2 is 1.62 bits per heavy atom. The van der Waals surface area contributed by atoms with E-state index >= 15 is 0 Å². The molecule has 0 heterocycles. The fourth-order valence-electron chi connectivity index (χ4n) is 3.93. The lowest BCUT2D eigenvalue weighted by Crippen LogP contribution is -2.51. The van der Waals surface area contributed by atoms with Crippen LogP contribution in [0.2, 0.25) is 0 Å². The summed E-state index contributed by atoms with van der Waals surface area (Å²) in [5.74, 6) is -0.414. The average molecular weight is 524 g/mol. The van der Waals surface area contributed by atoms with Gasteiger partial charge in [0.25, 0.3) is 11.8 Å². The quantitative estimate of drug-likeness (QED) is 0.341. The summed E-state index contributed by atoms with van der Waals surface area (Å²) in [6.45, 7) is 10.9. The zero-order valence-electron chi connectivity index (χ0n) is 22.7. The highest BCUT2D eigenvalue weighted by atomic mass is 32.2. The Balaban J connectivity index is 2.53. The summed E-state index contributed by atoms with van der Waals surface area (Å²) in [5.41, 5.74) is 3.04. The Kier molecular flexibility index (Phi) is 10.6. The van der Waals surface area contributed by atoms with Gasteiger partial charge in [-0.1, -0.05) is 42.8 Å². The number of nitrogens with one attached hydrogen (secondary N) is 2. The van der Waals surface area contributed by atoms with Crippen LogP contribution in [-0.4, -0.2) is 46.5 Å². The molecule has 198 valence electrons. The summed E-state index contributed by atoms with van der Waals surface area (Å²) in [6, 6.07) is 13.4. The van der Waals surface area contributed by atoms with Crippen molar-refractivity contribution in [3.8, 4) is 12.5 Å². The summed E-state index contributed by atoms with van der Waals surface area (Å²) < 4.78 is 5.38. The van der Waals surface area contributed by atoms with Crippen LogP contribution in [0.1, 0.15) is 55.5 Å². The first-order chi connectivity index (χ1) is 17.4. The van der Waals surface area contributed by atoms with Gasteiger partial charge in [0.1, 0.15) is 17.7 Å². The van der Waals surface area contributed by atoms with E-state index < -0.39 is 35.6 Å². The molecule has 2 rings (SSSR count). The Morgan fingerprint density at radius 3 is 2.16 bits per heavy atom. The molecule has 8 heteroatoms. The number of alkyl carbamates (subject to hydrolysis) is 1. The van der Waals surface area contributed by atoms with Crippen molar-refractivity contribution in [1.29, 1.82) is 0 Å². The Hall–Kier alpha value is -3.44. The maximum absolute atomic E-state index is 13.9. The van der Waals surface area contributed by atoms with Crippen LogP contribution in [0.25, 0.3) is 0 Å². The maximum atomic E-state index is 13.9. The number of rotatable bonds is 9. The number of carbonyl (C=O) groups is 3. The number of aryl methyl sites for hydroxylation is 3. The largest absolute Gasteiger partial charge is 0.444 e. The van der Waals surface area contributed by atoms with Crippen molar-refractivity contribution in [2.45, 2.75) is 65.6 Å². The van der Waals surface area contributed by atoms with E-state index in [2.05, 4.69) is 16.7 Å². The van der Waals surface area contributed by atoms with Gasteiger partial charge in [-0.05, 0) is 88.3 Å². The highest BCUT2D eigenvalue weighted by molar-refractivity contribution is 7.98. The molecule has 0 aliphatic rings. The van der Waals surface area contributed by atoms with Gasteiger partial charge >= 0.3 is 6.09 Å². The van der Waals surface area contributed by atoms with Crippen LogP contribution < -0.4 is 10.6 Å². The van der Waals surface area contributed by atoms with E-state index in [1.165, 1.54) is 11.8 Å². The summed E-state index contributed by atoms with van der Waals surface area (Å²) in [6.07, 6.45) is 7.39. The molecule has 0 radical (unpaired) electrons. The van der Waals surface area contributed by atoms with E-state index in [-0.39, 0.29) is 0 Å². The maximum Gasteiger partial charge on any atom is 0.408 e. The van der Waals surface area contributed by atoms with Crippen molar-refractivity contribution in [2.75, 3.05) is 17.3 Å². The standard InChI is InChI=1S/C29H37N3O4S/c1-9-32(27(34)23(17-18-37-8)31-28(35)36-29(5,6)7)25(24-20(3)14-12-15-21(24)4)26(33)30-22-16-11-10-13-19(22)2/h1,10-16,23,25H,17-18H2,2-8H3,(H,30,33)(H,31,35). The molecule has 0 saturated heterocycles. The third-order valence-electron chi connectivity index (χ3n) is 5.70. The van der Waals surface area contributed by atoms with Crippen LogP contribution in [0.15, 0.2) is 42.5 Å². The minimum absolute atomic E-state index is 0.316. The topological polar surface area (TPSA) is 87.7 Å². The van der Waals surface area contributed by atoms with Crippen molar-refractivity contribution < 1.29 is 19.1 Å². The fourth-order valence-corrected chi connectivity index (χ4v) is 4.40. The van der Waals surface area contributed by atoms with Crippen molar-refractivity contribution in [2.24, 2.45) is 0 Å². The molecular weight excluding hydrogens is 486 g/mol. The molecule has 2 aromatic carbocycles. The van der Waals surface area contributed by atoms with Gasteiger partial charge < -0.3 is 15.4 Å². The minimum Gasteiger partial charge on any atom is -0.444 e. The number of terminal acetylenes is 1. The summed E-state index contributed by atoms with van der Waals surface area (Å²) in [7, 11) is 0. The molecule has 37 heavy (non-hydrogen) atoms.